The van der Waals surface area contributed by atoms with Crippen molar-refractivity contribution in [3.05, 3.63) is 183 Å². The van der Waals surface area contributed by atoms with Crippen molar-refractivity contribution in [1.82, 2.24) is 19.9 Å². The van der Waals surface area contributed by atoms with Crippen LogP contribution < -0.4 is 0 Å². The average molecular weight is 719 g/mol. The molecule has 56 heavy (non-hydrogen) atoms. The molecule has 6 heteroatoms. The summed E-state index contributed by atoms with van der Waals surface area (Å²) in [6, 6.07) is 50.2. The van der Waals surface area contributed by atoms with Crippen LogP contribution in [0.5, 0.6) is 0 Å². The lowest BCUT2D eigenvalue weighted by Gasteiger charge is -2.10. The van der Waals surface area contributed by atoms with E-state index in [-0.39, 0.29) is 0 Å². The number of nitrogens with zero attached hydrogens (tertiary/aromatic N) is 4. The van der Waals surface area contributed by atoms with Gasteiger partial charge in [-0.25, -0.2) is 0 Å². The number of hydrogen-bond donors (Lipinski definition) is 0. The molecule has 0 saturated carbocycles. The summed E-state index contributed by atoms with van der Waals surface area (Å²) in [6.45, 7) is 0. The van der Waals surface area contributed by atoms with Crippen LogP contribution in [0.1, 0.15) is 0 Å². The van der Waals surface area contributed by atoms with E-state index in [2.05, 4.69) is 119 Å². The first-order chi connectivity index (χ1) is 27.8. The molecule has 0 unspecified atom stereocenters. The summed E-state index contributed by atoms with van der Waals surface area (Å²) in [5.74, 6) is 0. The van der Waals surface area contributed by atoms with Gasteiger partial charge in [-0.3, -0.25) is 19.9 Å². The quantitative estimate of drug-likeness (QED) is 0.170. The maximum absolute atomic E-state index is 6.53. The summed E-state index contributed by atoms with van der Waals surface area (Å²) in [4.78, 5) is 18.3. The Kier molecular flexibility index (Phi) is 7.38. The highest BCUT2D eigenvalue weighted by atomic mass is 16.3. The monoisotopic (exact) mass is 718 g/mol. The molecule has 0 radical (unpaired) electrons. The standard InChI is InChI=1S/C50H30N4O2/c1-3-11-39(35-7-5-23-51-29-35)37(9-1)33-17-19-45-43(27-33)47-49(55-45)41(21-25-53-47)31-13-15-32(16-14-31)42-22-26-54-48-44-28-34(18-20-46(44)56-50(42)48)38-10-2-4-12-40(38)36-8-6-24-52-30-36/h1-30H. The van der Waals surface area contributed by atoms with Crippen LogP contribution in [0.2, 0.25) is 0 Å². The molecular formula is C50H30N4O2. The predicted molar refractivity (Wildman–Crippen MR) is 225 cm³/mol. The molecule has 0 aliphatic carbocycles. The van der Waals surface area contributed by atoms with Gasteiger partial charge in [-0.15, -0.1) is 0 Å². The Balaban J connectivity index is 0.953. The Bertz CT molecular complexity index is 3020. The van der Waals surface area contributed by atoms with E-state index in [0.717, 1.165) is 111 Å². The maximum atomic E-state index is 6.53. The molecule has 0 aliphatic heterocycles. The zero-order chi connectivity index (χ0) is 37.0. The molecule has 0 spiro atoms. The Morgan fingerprint density at radius 3 is 1.14 bits per heavy atom. The van der Waals surface area contributed by atoms with Gasteiger partial charge in [-0.05, 0) is 93.0 Å². The average Bonchev–Trinajstić information content (AvgIpc) is 3.85. The molecule has 6 heterocycles. The molecule has 0 atom stereocenters. The molecule has 0 saturated heterocycles. The van der Waals surface area contributed by atoms with E-state index in [4.69, 9.17) is 18.8 Å². The zero-order valence-corrected chi connectivity index (χ0v) is 29.9. The number of rotatable bonds is 6. The van der Waals surface area contributed by atoms with E-state index in [1.807, 2.05) is 61.2 Å². The molecule has 0 N–H and O–H groups in total. The number of fused-ring (bicyclic) bond motifs is 6. The number of furan rings is 2. The first kappa shape index (κ1) is 31.8. The number of benzene rings is 5. The van der Waals surface area contributed by atoms with Gasteiger partial charge in [0.15, 0.2) is 11.2 Å². The first-order valence-corrected chi connectivity index (χ1v) is 18.5. The molecule has 0 fully saturated rings. The van der Waals surface area contributed by atoms with Gasteiger partial charge in [-0.2, -0.15) is 0 Å². The van der Waals surface area contributed by atoms with Gasteiger partial charge in [0.1, 0.15) is 22.2 Å². The van der Waals surface area contributed by atoms with Crippen LogP contribution in [0.15, 0.2) is 192 Å². The van der Waals surface area contributed by atoms with Crippen LogP contribution >= 0.6 is 0 Å². The predicted octanol–water partition coefficient (Wildman–Crippen LogP) is 13.1. The molecule has 6 aromatic heterocycles. The Morgan fingerprint density at radius 1 is 0.321 bits per heavy atom. The number of hydrogen-bond acceptors (Lipinski definition) is 6. The van der Waals surface area contributed by atoms with E-state index in [1.54, 1.807) is 12.4 Å². The smallest absolute Gasteiger partial charge is 0.161 e. The minimum absolute atomic E-state index is 0.762. The lowest BCUT2D eigenvalue weighted by atomic mass is 9.94. The van der Waals surface area contributed by atoms with E-state index < -0.39 is 0 Å². The van der Waals surface area contributed by atoms with Crippen LogP contribution in [0.25, 0.3) is 111 Å². The minimum Gasteiger partial charge on any atom is -0.454 e. The molecule has 6 nitrogen and oxygen atoms in total. The topological polar surface area (TPSA) is 77.8 Å². The summed E-state index contributed by atoms with van der Waals surface area (Å²) in [5, 5.41) is 1.95. The fourth-order valence-electron chi connectivity index (χ4n) is 7.95. The van der Waals surface area contributed by atoms with Gasteiger partial charge in [-0.1, -0.05) is 97.1 Å². The van der Waals surface area contributed by atoms with Gasteiger partial charge < -0.3 is 8.83 Å². The van der Waals surface area contributed by atoms with E-state index in [0.29, 0.717) is 0 Å². The normalized spacial score (nSPS) is 11.6. The number of pyridine rings is 4. The lowest BCUT2D eigenvalue weighted by molar-refractivity contribution is 0.669. The Labute approximate surface area is 321 Å². The summed E-state index contributed by atoms with van der Waals surface area (Å²) in [5.41, 5.74) is 17.7. The third kappa shape index (κ3) is 5.27. The van der Waals surface area contributed by atoms with E-state index >= 15 is 0 Å². The second-order valence-electron chi connectivity index (χ2n) is 13.9. The molecular weight excluding hydrogens is 689 g/mol. The van der Waals surface area contributed by atoms with Crippen LogP contribution in [0, 0.1) is 0 Å². The summed E-state index contributed by atoms with van der Waals surface area (Å²) >= 11 is 0. The van der Waals surface area contributed by atoms with Gasteiger partial charge >= 0.3 is 0 Å². The van der Waals surface area contributed by atoms with Crippen molar-refractivity contribution < 1.29 is 8.83 Å². The minimum atomic E-state index is 0.762. The van der Waals surface area contributed by atoms with Crippen LogP contribution in [0.4, 0.5) is 0 Å². The van der Waals surface area contributed by atoms with Gasteiger partial charge in [0.25, 0.3) is 0 Å². The molecule has 0 bridgehead atoms. The van der Waals surface area contributed by atoms with Crippen LogP contribution in [0.3, 0.4) is 0 Å². The molecule has 0 amide bonds. The molecule has 262 valence electrons. The fourth-order valence-corrected chi connectivity index (χ4v) is 7.95. The second kappa shape index (κ2) is 13.0. The maximum Gasteiger partial charge on any atom is 0.161 e. The summed E-state index contributed by atoms with van der Waals surface area (Å²) in [6.07, 6.45) is 11.1. The van der Waals surface area contributed by atoms with E-state index in [9.17, 15) is 0 Å². The van der Waals surface area contributed by atoms with Crippen molar-refractivity contribution in [2.45, 2.75) is 0 Å². The fraction of sp³-hybridized carbons (Fsp3) is 0. The molecule has 5 aromatic carbocycles. The third-order valence-corrected chi connectivity index (χ3v) is 10.6. The van der Waals surface area contributed by atoms with Gasteiger partial charge in [0.05, 0.1) is 0 Å². The lowest BCUT2D eigenvalue weighted by Crippen LogP contribution is -1.86. The van der Waals surface area contributed by atoms with Crippen molar-refractivity contribution in [3.8, 4) is 66.8 Å². The van der Waals surface area contributed by atoms with Gasteiger partial charge in [0.2, 0.25) is 0 Å². The molecule has 11 aromatic rings. The zero-order valence-electron chi connectivity index (χ0n) is 29.9. The SMILES string of the molecule is c1cncc(-c2ccccc2-c2ccc3oc4c(-c5ccc(-c6ccnc7c6oc6ccc(-c8ccccc8-c8cccnc8)cc67)cc5)ccnc4c3c2)c1. The van der Waals surface area contributed by atoms with Crippen LogP contribution in [-0.2, 0) is 0 Å². The Morgan fingerprint density at radius 2 is 0.732 bits per heavy atom. The summed E-state index contributed by atoms with van der Waals surface area (Å²) in [7, 11) is 0. The van der Waals surface area contributed by atoms with Crippen molar-refractivity contribution in [3.63, 3.8) is 0 Å². The molecule has 0 aliphatic rings. The summed E-state index contributed by atoms with van der Waals surface area (Å²) < 4.78 is 13.1. The van der Waals surface area contributed by atoms with Gasteiger partial charge in [0, 0.05) is 70.2 Å². The van der Waals surface area contributed by atoms with E-state index in [1.165, 1.54) is 0 Å². The highest BCUT2D eigenvalue weighted by Gasteiger charge is 2.18. The third-order valence-electron chi connectivity index (χ3n) is 10.6. The second-order valence-corrected chi connectivity index (χ2v) is 13.9. The number of aromatic nitrogens is 4. The Hall–Kier alpha value is -7.70. The first-order valence-electron chi connectivity index (χ1n) is 18.5. The van der Waals surface area contributed by atoms with Crippen molar-refractivity contribution in [2.75, 3.05) is 0 Å². The van der Waals surface area contributed by atoms with Crippen molar-refractivity contribution in [1.29, 1.82) is 0 Å². The van der Waals surface area contributed by atoms with Crippen LogP contribution in [-0.4, -0.2) is 19.9 Å². The highest BCUT2D eigenvalue weighted by Crippen LogP contribution is 2.41. The largest absolute Gasteiger partial charge is 0.454 e. The highest BCUT2D eigenvalue weighted by molar-refractivity contribution is 6.10. The molecule has 11 rings (SSSR count). The van der Waals surface area contributed by atoms with Crippen molar-refractivity contribution in [2.24, 2.45) is 0 Å². The van der Waals surface area contributed by atoms with Crippen molar-refractivity contribution >= 4 is 44.1 Å².